The van der Waals surface area contributed by atoms with E-state index in [-0.39, 0.29) is 18.3 Å². The molecule has 1 aliphatic heterocycles. The number of nitrogens with zero attached hydrogens (tertiary/aromatic N) is 5. The molecule has 1 saturated carbocycles. The van der Waals surface area contributed by atoms with Gasteiger partial charge in [-0.15, -0.1) is 0 Å². The fourth-order valence-corrected chi connectivity index (χ4v) is 4.94. The van der Waals surface area contributed by atoms with Crippen molar-refractivity contribution in [2.45, 2.75) is 37.3 Å². The quantitative estimate of drug-likeness (QED) is 0.529. The van der Waals surface area contributed by atoms with Crippen molar-refractivity contribution >= 4 is 34.0 Å². The molecule has 9 heteroatoms. The summed E-state index contributed by atoms with van der Waals surface area (Å²) >= 11 is 6.65. The first kappa shape index (κ1) is 23.1. The number of fused-ring (bicyclic) bond motifs is 1. The van der Waals surface area contributed by atoms with Crippen LogP contribution in [0.4, 0.5) is 15.9 Å². The monoisotopic (exact) mass is 485 g/mol. The van der Waals surface area contributed by atoms with Crippen LogP contribution in [-0.4, -0.2) is 60.5 Å². The molecule has 2 aliphatic rings. The molecule has 34 heavy (non-hydrogen) atoms. The third-order valence-corrected chi connectivity index (χ3v) is 7.17. The van der Waals surface area contributed by atoms with Crippen molar-refractivity contribution in [1.29, 1.82) is 0 Å². The van der Waals surface area contributed by atoms with Crippen LogP contribution in [0.2, 0.25) is 5.02 Å². The van der Waals surface area contributed by atoms with Crippen molar-refractivity contribution in [3.05, 3.63) is 47.0 Å². The lowest BCUT2D eigenvalue weighted by atomic mass is 9.92. The third-order valence-electron chi connectivity index (χ3n) is 6.89. The Kier molecular flexibility index (Phi) is 6.20. The average Bonchev–Trinajstić information content (AvgIpc) is 3.62. The molecule has 5 rings (SSSR count). The Labute approximate surface area is 203 Å². The maximum atomic E-state index is 15.1. The summed E-state index contributed by atoms with van der Waals surface area (Å²) in [4.78, 5) is 18.0. The van der Waals surface area contributed by atoms with Crippen LogP contribution in [0.25, 0.3) is 10.9 Å². The fourth-order valence-electron chi connectivity index (χ4n) is 4.68. The van der Waals surface area contributed by atoms with Crippen molar-refractivity contribution in [2.24, 2.45) is 0 Å². The number of halogens is 2. The Morgan fingerprint density at radius 1 is 1.26 bits per heavy atom. The van der Waals surface area contributed by atoms with E-state index in [0.717, 1.165) is 54.3 Å². The van der Waals surface area contributed by atoms with E-state index in [2.05, 4.69) is 14.9 Å². The van der Waals surface area contributed by atoms with Crippen molar-refractivity contribution in [1.82, 2.24) is 15.0 Å². The molecule has 1 aliphatic carbocycles. The minimum atomic E-state index is -1.46. The van der Waals surface area contributed by atoms with Crippen LogP contribution in [0.3, 0.4) is 0 Å². The van der Waals surface area contributed by atoms with Crippen LogP contribution in [-0.2, 0) is 5.67 Å². The second kappa shape index (κ2) is 9.15. The molecule has 0 radical (unpaired) electrons. The van der Waals surface area contributed by atoms with Gasteiger partial charge in [0, 0.05) is 49.9 Å². The van der Waals surface area contributed by atoms with E-state index in [1.165, 1.54) is 0 Å². The first-order valence-electron chi connectivity index (χ1n) is 11.7. The molecule has 0 atom stereocenters. The van der Waals surface area contributed by atoms with Gasteiger partial charge in [-0.05, 0) is 49.9 Å². The molecular formula is C25H29ClFN5O2. The van der Waals surface area contributed by atoms with Gasteiger partial charge in [-0.2, -0.15) is 0 Å². The summed E-state index contributed by atoms with van der Waals surface area (Å²) in [5, 5.41) is 10.6. The average molecular weight is 486 g/mol. The Morgan fingerprint density at radius 2 is 2.03 bits per heavy atom. The molecule has 0 amide bonds. The van der Waals surface area contributed by atoms with Crippen LogP contribution < -0.4 is 14.5 Å². The standard InChI is InChI=1S/C25H29ClFN5O2/c1-31(12-13-33)17-14-18-22(19(26)15-17)29-24(25(27)7-8-25)30-23(18)32-10-5-16(6-11-32)21-20(34-2)4-3-9-28-21/h3-4,9,14-16,33H,5-8,10-13H2,1-2H3. The highest BCUT2D eigenvalue weighted by Gasteiger charge is 2.48. The summed E-state index contributed by atoms with van der Waals surface area (Å²) in [7, 11) is 3.57. The minimum absolute atomic E-state index is 0.0311. The summed E-state index contributed by atoms with van der Waals surface area (Å²) in [6.07, 6.45) is 4.44. The first-order chi connectivity index (χ1) is 16.4. The lowest BCUT2D eigenvalue weighted by molar-refractivity contribution is 0.301. The van der Waals surface area contributed by atoms with Crippen molar-refractivity contribution in [3.8, 4) is 5.75 Å². The van der Waals surface area contributed by atoms with Gasteiger partial charge in [0.05, 0.1) is 29.9 Å². The number of benzene rings is 1. The van der Waals surface area contributed by atoms with Gasteiger partial charge in [-0.25, -0.2) is 14.4 Å². The Balaban J connectivity index is 1.51. The van der Waals surface area contributed by atoms with E-state index in [1.54, 1.807) is 13.3 Å². The zero-order valence-electron chi connectivity index (χ0n) is 19.5. The highest BCUT2D eigenvalue weighted by molar-refractivity contribution is 6.35. The molecule has 7 nitrogen and oxygen atoms in total. The SMILES string of the molecule is COc1cccnc1C1CCN(c2nc(C3(F)CC3)nc3c(Cl)cc(N(C)CCO)cc23)CC1. The zero-order valence-corrected chi connectivity index (χ0v) is 20.2. The molecule has 2 fully saturated rings. The van der Waals surface area contributed by atoms with Crippen molar-refractivity contribution in [2.75, 3.05) is 50.2 Å². The summed E-state index contributed by atoms with van der Waals surface area (Å²) in [5.74, 6) is 2.04. The molecule has 3 aromatic rings. The lowest BCUT2D eigenvalue weighted by Crippen LogP contribution is -2.34. The molecule has 1 saturated heterocycles. The van der Waals surface area contributed by atoms with Gasteiger partial charge in [0.2, 0.25) is 0 Å². The Bertz CT molecular complexity index is 1200. The van der Waals surface area contributed by atoms with Gasteiger partial charge in [0.15, 0.2) is 11.5 Å². The molecule has 2 aromatic heterocycles. The van der Waals surface area contributed by atoms with E-state index in [1.807, 2.05) is 36.2 Å². The number of ether oxygens (including phenoxy) is 1. The van der Waals surface area contributed by atoms with Crippen molar-refractivity contribution in [3.63, 3.8) is 0 Å². The maximum Gasteiger partial charge on any atom is 0.170 e. The highest BCUT2D eigenvalue weighted by Crippen LogP contribution is 2.49. The number of aromatic nitrogens is 3. The van der Waals surface area contributed by atoms with Gasteiger partial charge < -0.3 is 19.6 Å². The Morgan fingerprint density at radius 3 is 2.71 bits per heavy atom. The van der Waals surface area contributed by atoms with Crippen LogP contribution in [0.5, 0.6) is 5.75 Å². The number of rotatable bonds is 7. The normalized spacial score (nSPS) is 17.7. The molecule has 0 bridgehead atoms. The van der Waals surface area contributed by atoms with Gasteiger partial charge in [-0.3, -0.25) is 4.98 Å². The van der Waals surface area contributed by atoms with Crippen LogP contribution in [0, 0.1) is 0 Å². The number of methoxy groups -OCH3 is 1. The van der Waals surface area contributed by atoms with E-state index in [4.69, 9.17) is 21.3 Å². The topological polar surface area (TPSA) is 74.6 Å². The summed E-state index contributed by atoms with van der Waals surface area (Å²) in [5.41, 5.74) is 0.951. The highest BCUT2D eigenvalue weighted by atomic mass is 35.5. The number of aliphatic hydroxyl groups is 1. The van der Waals surface area contributed by atoms with E-state index in [9.17, 15) is 5.11 Å². The number of hydrogen-bond acceptors (Lipinski definition) is 7. The minimum Gasteiger partial charge on any atom is -0.495 e. The molecule has 3 heterocycles. The Hall–Kier alpha value is -2.71. The van der Waals surface area contributed by atoms with E-state index in [0.29, 0.717) is 29.9 Å². The van der Waals surface area contributed by atoms with Crippen LogP contribution >= 0.6 is 11.6 Å². The fraction of sp³-hybridized carbons (Fsp3) is 0.480. The first-order valence-corrected chi connectivity index (χ1v) is 12.1. The van der Waals surface area contributed by atoms with Gasteiger partial charge >= 0.3 is 0 Å². The van der Waals surface area contributed by atoms with Gasteiger partial charge in [0.25, 0.3) is 0 Å². The lowest BCUT2D eigenvalue weighted by Gasteiger charge is -2.34. The zero-order chi connectivity index (χ0) is 23.9. The van der Waals surface area contributed by atoms with Gasteiger partial charge in [0.1, 0.15) is 11.6 Å². The summed E-state index contributed by atoms with van der Waals surface area (Å²) < 4.78 is 20.6. The second-order valence-corrected chi connectivity index (χ2v) is 9.56. The number of pyridine rings is 1. The maximum absolute atomic E-state index is 15.1. The largest absolute Gasteiger partial charge is 0.495 e. The predicted molar refractivity (Wildman–Crippen MR) is 132 cm³/mol. The molecule has 180 valence electrons. The molecule has 0 unspecified atom stereocenters. The molecule has 1 N–H and O–H groups in total. The van der Waals surface area contributed by atoms with Crippen LogP contribution in [0.1, 0.15) is 43.1 Å². The van der Waals surface area contributed by atoms with Crippen molar-refractivity contribution < 1.29 is 14.2 Å². The number of alkyl halides is 1. The number of likely N-dealkylation sites (N-methyl/N-ethyl adjacent to an activating group) is 1. The van der Waals surface area contributed by atoms with E-state index < -0.39 is 5.67 Å². The van der Waals surface area contributed by atoms with Gasteiger partial charge in [-0.1, -0.05) is 11.6 Å². The molecular weight excluding hydrogens is 457 g/mol. The number of aliphatic hydroxyl groups excluding tert-OH is 1. The number of anilines is 2. The van der Waals surface area contributed by atoms with Crippen LogP contribution in [0.15, 0.2) is 30.5 Å². The number of hydrogen-bond donors (Lipinski definition) is 1. The smallest absolute Gasteiger partial charge is 0.170 e. The number of piperidine rings is 1. The molecule has 1 aromatic carbocycles. The predicted octanol–water partition coefficient (Wildman–Crippen LogP) is 4.46. The van der Waals surface area contributed by atoms with E-state index >= 15 is 4.39 Å². The summed E-state index contributed by atoms with van der Waals surface area (Å²) in [6, 6.07) is 7.63. The molecule has 0 spiro atoms. The second-order valence-electron chi connectivity index (χ2n) is 9.16. The third kappa shape index (κ3) is 4.25. The summed E-state index contributed by atoms with van der Waals surface area (Å²) in [6.45, 7) is 2.01.